The van der Waals surface area contributed by atoms with E-state index in [1.54, 1.807) is 12.1 Å². The molecule has 4 rings (SSSR count). The van der Waals surface area contributed by atoms with Crippen LogP contribution < -0.4 is 10.2 Å². The summed E-state index contributed by atoms with van der Waals surface area (Å²) in [6.07, 6.45) is 4.20. The summed E-state index contributed by atoms with van der Waals surface area (Å²) in [7, 11) is 0. The number of hydrogen-bond acceptors (Lipinski definition) is 3. The third-order valence-corrected chi connectivity index (χ3v) is 6.74. The lowest BCUT2D eigenvalue weighted by molar-refractivity contribution is -0.127. The molecule has 0 spiro atoms. The molecule has 1 aromatic heterocycles. The number of carbonyl (C=O) groups is 2. The van der Waals surface area contributed by atoms with Gasteiger partial charge in [0.05, 0.1) is 6.42 Å². The Hall–Kier alpha value is -2.99. The molecule has 166 valence electrons. The Morgan fingerprint density at radius 2 is 1.84 bits per heavy atom. The minimum atomic E-state index is -0.884. The van der Waals surface area contributed by atoms with Crippen molar-refractivity contribution in [3.8, 4) is 0 Å². The topological polar surface area (TPSA) is 49.4 Å². The molecule has 0 saturated heterocycles. The van der Waals surface area contributed by atoms with E-state index in [4.69, 9.17) is 0 Å². The standard InChI is InChI=1S/C26H27FN2O2S/c1-18-11-13-19(14-12-18)25(26(31)28-21-7-2-3-8-21)29(22-9-4-6-20(27)16-22)24(30)17-23-10-5-15-32-23/h4-6,9-16,21,25H,2-3,7-8,17H2,1H3,(H,28,31). The fourth-order valence-electron chi connectivity index (χ4n) is 4.23. The first-order chi connectivity index (χ1) is 15.5. The van der Waals surface area contributed by atoms with Crippen molar-refractivity contribution < 1.29 is 14.0 Å². The average molecular weight is 451 g/mol. The van der Waals surface area contributed by atoms with E-state index in [0.717, 1.165) is 36.1 Å². The smallest absolute Gasteiger partial charge is 0.248 e. The Bertz CT molecular complexity index is 1060. The summed E-state index contributed by atoms with van der Waals surface area (Å²) in [5.41, 5.74) is 2.14. The molecule has 1 atom stereocenters. The van der Waals surface area contributed by atoms with E-state index < -0.39 is 11.9 Å². The van der Waals surface area contributed by atoms with Crippen molar-refractivity contribution in [2.24, 2.45) is 0 Å². The van der Waals surface area contributed by atoms with Crippen molar-refractivity contribution in [3.05, 3.63) is 87.9 Å². The molecule has 0 radical (unpaired) electrons. The predicted molar refractivity (Wildman–Crippen MR) is 126 cm³/mol. The van der Waals surface area contributed by atoms with Crippen LogP contribution in [0.2, 0.25) is 0 Å². The molecule has 1 N–H and O–H groups in total. The molecule has 1 aliphatic carbocycles. The van der Waals surface area contributed by atoms with Crippen molar-refractivity contribution in [2.75, 3.05) is 4.90 Å². The Morgan fingerprint density at radius 3 is 2.50 bits per heavy atom. The zero-order chi connectivity index (χ0) is 22.5. The summed E-state index contributed by atoms with van der Waals surface area (Å²) >= 11 is 1.49. The number of benzene rings is 2. The molecular weight excluding hydrogens is 423 g/mol. The number of carbonyl (C=O) groups excluding carboxylic acids is 2. The molecule has 32 heavy (non-hydrogen) atoms. The number of anilines is 1. The Balaban J connectivity index is 1.76. The van der Waals surface area contributed by atoms with Crippen LogP contribution in [0.15, 0.2) is 66.0 Å². The molecule has 2 amide bonds. The molecule has 1 saturated carbocycles. The van der Waals surface area contributed by atoms with Crippen LogP contribution in [-0.4, -0.2) is 17.9 Å². The zero-order valence-electron chi connectivity index (χ0n) is 18.1. The van der Waals surface area contributed by atoms with Crippen LogP contribution in [0, 0.1) is 12.7 Å². The predicted octanol–water partition coefficient (Wildman–Crippen LogP) is 5.57. The van der Waals surface area contributed by atoms with E-state index in [9.17, 15) is 14.0 Å². The molecule has 3 aromatic rings. The van der Waals surface area contributed by atoms with E-state index in [1.807, 2.05) is 48.7 Å². The van der Waals surface area contributed by atoms with E-state index >= 15 is 0 Å². The number of nitrogens with zero attached hydrogens (tertiary/aromatic N) is 1. The van der Waals surface area contributed by atoms with E-state index in [1.165, 1.54) is 28.4 Å². The minimum Gasteiger partial charge on any atom is -0.351 e. The first kappa shape index (κ1) is 22.2. The first-order valence-corrected chi connectivity index (χ1v) is 11.9. The van der Waals surface area contributed by atoms with Gasteiger partial charge in [-0.15, -0.1) is 11.3 Å². The van der Waals surface area contributed by atoms with Gasteiger partial charge in [-0.2, -0.15) is 0 Å². The van der Waals surface area contributed by atoms with Crippen LogP contribution >= 0.6 is 11.3 Å². The number of hydrogen-bond donors (Lipinski definition) is 1. The number of aryl methyl sites for hydroxylation is 1. The van der Waals surface area contributed by atoms with Crippen molar-refractivity contribution in [3.63, 3.8) is 0 Å². The van der Waals surface area contributed by atoms with E-state index in [-0.39, 0.29) is 24.3 Å². The Labute approximate surface area is 192 Å². The van der Waals surface area contributed by atoms with Crippen molar-refractivity contribution in [1.82, 2.24) is 5.32 Å². The number of amides is 2. The highest BCUT2D eigenvalue weighted by Gasteiger charge is 2.34. The van der Waals surface area contributed by atoms with Gasteiger partial charge in [-0.25, -0.2) is 4.39 Å². The lowest BCUT2D eigenvalue weighted by atomic mass is 10.0. The van der Waals surface area contributed by atoms with Gasteiger partial charge in [-0.1, -0.05) is 54.8 Å². The monoisotopic (exact) mass is 450 g/mol. The molecule has 1 fully saturated rings. The maximum absolute atomic E-state index is 14.2. The number of nitrogens with one attached hydrogen (secondary N) is 1. The molecule has 0 bridgehead atoms. The fourth-order valence-corrected chi connectivity index (χ4v) is 4.92. The average Bonchev–Trinajstić information content (AvgIpc) is 3.47. The second-order valence-corrected chi connectivity index (χ2v) is 9.34. The SMILES string of the molecule is Cc1ccc(C(C(=O)NC2CCCC2)N(C(=O)Cc2cccs2)c2cccc(F)c2)cc1. The number of halogens is 1. The van der Waals surface area contributed by atoms with E-state index in [2.05, 4.69) is 5.32 Å². The number of thiophene rings is 1. The highest BCUT2D eigenvalue weighted by Crippen LogP contribution is 2.31. The summed E-state index contributed by atoms with van der Waals surface area (Å²) < 4.78 is 14.2. The Morgan fingerprint density at radius 1 is 1.09 bits per heavy atom. The quantitative estimate of drug-likeness (QED) is 0.511. The molecule has 6 heteroatoms. The molecule has 1 aliphatic rings. The van der Waals surface area contributed by atoms with Crippen LogP contribution in [0.4, 0.5) is 10.1 Å². The van der Waals surface area contributed by atoms with Gasteiger partial charge < -0.3 is 5.32 Å². The van der Waals surface area contributed by atoms with Crippen molar-refractivity contribution >= 4 is 28.8 Å². The lowest BCUT2D eigenvalue weighted by Crippen LogP contribution is -2.46. The van der Waals surface area contributed by atoms with Crippen LogP contribution in [0.25, 0.3) is 0 Å². The van der Waals surface area contributed by atoms with Crippen molar-refractivity contribution in [2.45, 2.75) is 51.1 Å². The number of rotatable bonds is 7. The fraction of sp³-hybridized carbons (Fsp3) is 0.308. The van der Waals surface area contributed by atoms with Crippen LogP contribution in [0.1, 0.15) is 47.7 Å². The van der Waals surface area contributed by atoms with Crippen molar-refractivity contribution in [1.29, 1.82) is 0 Å². The maximum atomic E-state index is 14.2. The summed E-state index contributed by atoms with van der Waals surface area (Å²) in [6, 6.07) is 16.5. The highest BCUT2D eigenvalue weighted by molar-refractivity contribution is 7.10. The van der Waals surface area contributed by atoms with Gasteiger partial charge in [0.1, 0.15) is 11.9 Å². The maximum Gasteiger partial charge on any atom is 0.248 e. The van der Waals surface area contributed by atoms with Gasteiger partial charge in [0, 0.05) is 16.6 Å². The molecule has 2 aromatic carbocycles. The van der Waals surface area contributed by atoms with Crippen LogP contribution in [-0.2, 0) is 16.0 Å². The van der Waals surface area contributed by atoms with Gasteiger partial charge in [-0.05, 0) is 55.0 Å². The van der Waals surface area contributed by atoms with Gasteiger partial charge in [0.2, 0.25) is 11.8 Å². The second-order valence-electron chi connectivity index (χ2n) is 8.30. The summed E-state index contributed by atoms with van der Waals surface area (Å²) in [6.45, 7) is 1.98. The highest BCUT2D eigenvalue weighted by atomic mass is 32.1. The van der Waals surface area contributed by atoms with E-state index in [0.29, 0.717) is 11.3 Å². The van der Waals surface area contributed by atoms with Gasteiger partial charge >= 0.3 is 0 Å². The van der Waals surface area contributed by atoms with Gasteiger partial charge in [0.25, 0.3) is 0 Å². The zero-order valence-corrected chi connectivity index (χ0v) is 18.9. The van der Waals surface area contributed by atoms with Crippen LogP contribution in [0.3, 0.4) is 0 Å². The summed E-state index contributed by atoms with van der Waals surface area (Å²) in [4.78, 5) is 29.5. The third-order valence-electron chi connectivity index (χ3n) is 5.86. The first-order valence-electron chi connectivity index (χ1n) is 11.0. The molecule has 1 heterocycles. The molecule has 4 nitrogen and oxygen atoms in total. The molecule has 0 aliphatic heterocycles. The summed E-state index contributed by atoms with van der Waals surface area (Å²) in [5.74, 6) is -0.926. The summed E-state index contributed by atoms with van der Waals surface area (Å²) in [5, 5.41) is 5.06. The minimum absolute atomic E-state index is 0.109. The third kappa shape index (κ3) is 5.25. The largest absolute Gasteiger partial charge is 0.351 e. The molecular formula is C26H27FN2O2S. The Kier molecular flexibility index (Phi) is 7.00. The van der Waals surface area contributed by atoms with Gasteiger partial charge in [0.15, 0.2) is 0 Å². The van der Waals surface area contributed by atoms with Gasteiger partial charge in [-0.3, -0.25) is 14.5 Å². The van der Waals surface area contributed by atoms with Crippen LogP contribution in [0.5, 0.6) is 0 Å². The molecule has 1 unspecified atom stereocenters. The second kappa shape index (κ2) is 10.1. The lowest BCUT2D eigenvalue weighted by Gasteiger charge is -2.32. The normalized spacial score (nSPS) is 14.8.